The zero-order chi connectivity index (χ0) is 36.3. The summed E-state index contributed by atoms with van der Waals surface area (Å²) in [7, 11) is 0. The van der Waals surface area contributed by atoms with Crippen LogP contribution in [0.3, 0.4) is 0 Å². The van der Waals surface area contributed by atoms with Gasteiger partial charge in [0.2, 0.25) is 0 Å². The Morgan fingerprint density at radius 1 is 0.455 bits per heavy atom. The molecule has 2 nitrogen and oxygen atoms in total. The minimum absolute atomic E-state index is 0.651. The average molecular weight is 726 g/mol. The lowest BCUT2D eigenvalue weighted by Gasteiger charge is -2.26. The van der Waals surface area contributed by atoms with E-state index in [1.54, 1.807) is 5.56 Å². The molecule has 0 amide bonds. The first kappa shape index (κ1) is 32.3. The van der Waals surface area contributed by atoms with Gasteiger partial charge < -0.3 is 9.32 Å². The van der Waals surface area contributed by atoms with Gasteiger partial charge in [-0.25, -0.2) is 0 Å². The Morgan fingerprint density at radius 3 is 1.89 bits per heavy atom. The van der Waals surface area contributed by atoms with Crippen molar-refractivity contribution >= 4 is 81.3 Å². The third-order valence-electron chi connectivity index (χ3n) is 11.9. The second kappa shape index (κ2) is 13.3. The zero-order valence-electron chi connectivity index (χ0n) is 30.5. The molecule has 3 heteroatoms. The fourth-order valence-corrected chi connectivity index (χ4v) is 10.5. The van der Waals surface area contributed by atoms with Crippen molar-refractivity contribution < 1.29 is 4.42 Å². The highest BCUT2D eigenvalue weighted by Gasteiger charge is 2.23. The van der Waals surface area contributed by atoms with Gasteiger partial charge in [-0.3, -0.25) is 0 Å². The average Bonchev–Trinajstić information content (AvgIpc) is 3.83. The van der Waals surface area contributed by atoms with Crippen LogP contribution in [0.1, 0.15) is 43.6 Å². The summed E-state index contributed by atoms with van der Waals surface area (Å²) in [5.41, 5.74) is 11.6. The van der Waals surface area contributed by atoms with Gasteiger partial charge in [0.05, 0.1) is 10.4 Å². The Balaban J connectivity index is 1.04. The highest BCUT2D eigenvalue weighted by Crippen LogP contribution is 2.48. The molecule has 2 heterocycles. The van der Waals surface area contributed by atoms with Crippen molar-refractivity contribution in [3.8, 4) is 22.3 Å². The molecule has 0 N–H and O–H groups in total. The van der Waals surface area contributed by atoms with Gasteiger partial charge in [-0.15, -0.1) is 11.3 Å². The second-order valence-corrected chi connectivity index (χ2v) is 16.1. The van der Waals surface area contributed by atoms with Gasteiger partial charge in [0.1, 0.15) is 11.2 Å². The van der Waals surface area contributed by atoms with Gasteiger partial charge in [0, 0.05) is 37.6 Å². The largest absolute Gasteiger partial charge is 0.456 e. The number of rotatable bonds is 6. The number of furan rings is 1. The Labute approximate surface area is 324 Å². The Morgan fingerprint density at radius 2 is 1.07 bits per heavy atom. The lowest BCUT2D eigenvalue weighted by Crippen LogP contribution is -2.10. The van der Waals surface area contributed by atoms with E-state index in [0.717, 1.165) is 44.4 Å². The first-order valence-electron chi connectivity index (χ1n) is 19.6. The number of fused-ring (bicyclic) bond motifs is 7. The second-order valence-electron chi connectivity index (χ2n) is 15.1. The van der Waals surface area contributed by atoms with E-state index in [4.69, 9.17) is 4.42 Å². The highest BCUT2D eigenvalue weighted by atomic mass is 32.1. The summed E-state index contributed by atoms with van der Waals surface area (Å²) in [6, 6.07) is 62.2. The van der Waals surface area contributed by atoms with Crippen LogP contribution in [-0.2, 0) is 0 Å². The number of nitrogens with zero attached hydrogens (tertiary/aromatic N) is 1. The fraction of sp³-hybridized carbons (Fsp3) is 0.115. The molecule has 1 saturated carbocycles. The summed E-state index contributed by atoms with van der Waals surface area (Å²) in [6.45, 7) is 0. The Hall–Kier alpha value is -6.16. The maximum Gasteiger partial charge on any atom is 0.136 e. The summed E-state index contributed by atoms with van der Waals surface area (Å²) in [6.07, 6.45) is 6.63. The highest BCUT2D eigenvalue weighted by molar-refractivity contribution is 7.26. The monoisotopic (exact) mass is 725 g/mol. The number of hydrogen-bond donors (Lipinski definition) is 0. The molecule has 1 fully saturated rings. The molecular formula is C52H39NOS. The molecule has 1 aliphatic carbocycles. The van der Waals surface area contributed by atoms with Crippen LogP contribution >= 0.6 is 11.3 Å². The topological polar surface area (TPSA) is 16.4 Å². The molecule has 0 radical (unpaired) electrons. The molecule has 0 atom stereocenters. The minimum atomic E-state index is 0.651. The molecule has 1 aliphatic rings. The standard InChI is InChI=1S/C52H39NOS/c1-2-11-36(12-3-1)43-18-9-19-46-47-20-10-21-48(52(47)55-51(43)46)53(40-30-25-37(26-31-40)42-17-8-14-35-13-4-5-15-41(35)42)39-28-23-34(24-29-39)38-27-32-45-44-16-6-7-22-49(44)54-50(45)33-38/h4-10,13-33,36H,1-3,11-12H2. The van der Waals surface area contributed by atoms with Crippen LogP contribution in [0.15, 0.2) is 174 Å². The summed E-state index contributed by atoms with van der Waals surface area (Å²) in [4.78, 5) is 2.46. The molecular weight excluding hydrogens is 687 g/mol. The number of para-hydroxylation sites is 1. The van der Waals surface area contributed by atoms with Crippen molar-refractivity contribution in [2.75, 3.05) is 4.90 Å². The molecule has 0 aliphatic heterocycles. The number of hydrogen-bond acceptors (Lipinski definition) is 3. The van der Waals surface area contributed by atoms with Crippen molar-refractivity contribution in [1.82, 2.24) is 0 Å². The first-order chi connectivity index (χ1) is 27.3. The van der Waals surface area contributed by atoms with Crippen molar-refractivity contribution in [1.29, 1.82) is 0 Å². The zero-order valence-corrected chi connectivity index (χ0v) is 31.4. The van der Waals surface area contributed by atoms with Gasteiger partial charge in [-0.2, -0.15) is 0 Å². The molecule has 0 unspecified atom stereocenters. The summed E-state index contributed by atoms with van der Waals surface area (Å²) < 4.78 is 9.05. The number of anilines is 3. The van der Waals surface area contributed by atoms with E-state index in [0.29, 0.717) is 5.92 Å². The molecule has 0 bridgehead atoms. The fourth-order valence-electron chi connectivity index (χ4n) is 9.14. The van der Waals surface area contributed by atoms with E-state index in [1.807, 2.05) is 23.5 Å². The third-order valence-corrected chi connectivity index (χ3v) is 13.2. The normalized spacial score (nSPS) is 13.7. The van der Waals surface area contributed by atoms with Crippen molar-refractivity contribution in [2.45, 2.75) is 38.0 Å². The van der Waals surface area contributed by atoms with Crippen LogP contribution < -0.4 is 4.90 Å². The summed E-state index contributed by atoms with van der Waals surface area (Å²) >= 11 is 1.98. The molecule has 8 aromatic carbocycles. The van der Waals surface area contributed by atoms with E-state index < -0.39 is 0 Å². The van der Waals surface area contributed by atoms with Crippen LogP contribution in [0.4, 0.5) is 17.1 Å². The predicted molar refractivity (Wildman–Crippen MR) is 235 cm³/mol. The summed E-state index contributed by atoms with van der Waals surface area (Å²) in [5, 5.41) is 7.56. The van der Waals surface area contributed by atoms with Crippen LogP contribution in [0.5, 0.6) is 0 Å². The van der Waals surface area contributed by atoms with E-state index in [9.17, 15) is 0 Å². The molecule has 55 heavy (non-hydrogen) atoms. The molecule has 0 spiro atoms. The lowest BCUT2D eigenvalue weighted by atomic mass is 9.84. The van der Waals surface area contributed by atoms with Crippen molar-refractivity contribution in [3.05, 3.63) is 175 Å². The predicted octanol–water partition coefficient (Wildman–Crippen LogP) is 16.0. The minimum Gasteiger partial charge on any atom is -0.456 e. The van der Waals surface area contributed by atoms with Crippen LogP contribution in [-0.4, -0.2) is 0 Å². The van der Waals surface area contributed by atoms with Gasteiger partial charge in [0.25, 0.3) is 0 Å². The lowest BCUT2D eigenvalue weighted by molar-refractivity contribution is 0.446. The van der Waals surface area contributed by atoms with Crippen LogP contribution in [0.25, 0.3) is 75.1 Å². The van der Waals surface area contributed by atoms with E-state index in [-0.39, 0.29) is 0 Å². The molecule has 11 rings (SSSR count). The van der Waals surface area contributed by atoms with Crippen LogP contribution in [0.2, 0.25) is 0 Å². The molecule has 0 saturated heterocycles. The van der Waals surface area contributed by atoms with Gasteiger partial charge in [-0.05, 0) is 106 Å². The Bertz CT molecular complexity index is 3010. The Kier molecular flexibility index (Phi) is 7.81. The third kappa shape index (κ3) is 5.53. The van der Waals surface area contributed by atoms with Gasteiger partial charge in [0.15, 0.2) is 0 Å². The molecule has 2 aromatic heterocycles. The maximum absolute atomic E-state index is 6.26. The van der Waals surface area contributed by atoms with Gasteiger partial charge in [-0.1, -0.05) is 141 Å². The summed E-state index contributed by atoms with van der Waals surface area (Å²) in [5.74, 6) is 0.651. The SMILES string of the molecule is c1ccc2c(-c3ccc(N(c4ccc(-c5ccc6c(c5)oc5ccccc56)cc4)c4cccc5c4sc4c(C6CCCCC6)cccc45)cc3)cccc2c1. The van der Waals surface area contributed by atoms with E-state index in [2.05, 4.69) is 163 Å². The number of thiophene rings is 1. The van der Waals surface area contributed by atoms with Crippen molar-refractivity contribution in [2.24, 2.45) is 0 Å². The quantitative estimate of drug-likeness (QED) is 0.170. The van der Waals surface area contributed by atoms with E-state index >= 15 is 0 Å². The smallest absolute Gasteiger partial charge is 0.136 e. The number of benzene rings is 8. The van der Waals surface area contributed by atoms with Gasteiger partial charge >= 0.3 is 0 Å². The van der Waals surface area contributed by atoms with E-state index in [1.165, 1.54) is 79.9 Å². The first-order valence-corrected chi connectivity index (χ1v) is 20.4. The van der Waals surface area contributed by atoms with Crippen LogP contribution in [0, 0.1) is 0 Å². The molecule has 10 aromatic rings. The molecule has 264 valence electrons. The van der Waals surface area contributed by atoms with Crippen molar-refractivity contribution in [3.63, 3.8) is 0 Å². The maximum atomic E-state index is 6.26.